The van der Waals surface area contributed by atoms with Gasteiger partial charge in [-0.3, -0.25) is 38.4 Å². The molecule has 0 aliphatic heterocycles. The van der Waals surface area contributed by atoms with Crippen molar-refractivity contribution in [3.05, 3.63) is 130 Å². The molecule has 0 aliphatic rings. The standard InChI is InChI=1S/C50H56N6O12.ClH/c1-27(2)39(43(59)53-37(49(65)67-7)25-31-15-11-9-12-16-31)55-45(61)41(57)33-23-29(5)19-21-35(33)51-47(63)48(64)52-36-22-20-30(6)24-34(36)42(58)46(62)56-40(28(3)4)44(60)54-38(50(66)68-8)26-32-17-13-10-14-18-32;/h9-24,27-28,37-40H,25-26H2,1-8H3,(H,51,63)(H,52,64)(H,53,59)(H,54,60)(H,55,61)(H,56,62);1H/t37-,38-,39-,40-;/m0./s1. The largest absolute Gasteiger partial charge is 0.467 e. The SMILES string of the molecule is COC(=O)[C@H](Cc1ccccc1)NC(=O)[C@@H](NC(=O)C(=O)c1cc(C)ccc1NC(=O)C(=O)Nc1ccc(C)cc1C(=O)C(=O)N[C@H](C(=O)N[C@@H](Cc1ccccc1)C(=O)OC)C(C)C)C(C)C.Cl. The third-order valence-corrected chi connectivity index (χ3v) is 10.6. The second kappa shape index (κ2) is 26.0. The fourth-order valence-corrected chi connectivity index (χ4v) is 6.89. The van der Waals surface area contributed by atoms with E-state index in [1.165, 1.54) is 50.6 Å². The second-order valence-electron chi connectivity index (χ2n) is 16.6. The number of Topliss-reactive ketones (excluding diaryl/α,β-unsaturated/α-hetero) is 2. The first-order valence-corrected chi connectivity index (χ1v) is 21.6. The van der Waals surface area contributed by atoms with Crippen molar-refractivity contribution in [3.63, 3.8) is 0 Å². The zero-order chi connectivity index (χ0) is 50.2. The van der Waals surface area contributed by atoms with Crippen molar-refractivity contribution in [1.82, 2.24) is 21.3 Å². The molecule has 366 valence electrons. The predicted molar refractivity (Wildman–Crippen MR) is 257 cm³/mol. The minimum Gasteiger partial charge on any atom is -0.467 e. The maximum absolute atomic E-state index is 13.7. The van der Waals surface area contributed by atoms with E-state index in [1.54, 1.807) is 102 Å². The van der Waals surface area contributed by atoms with E-state index >= 15 is 0 Å². The van der Waals surface area contributed by atoms with E-state index in [9.17, 15) is 47.9 Å². The number of hydrogen-bond acceptors (Lipinski definition) is 12. The number of halogens is 1. The van der Waals surface area contributed by atoms with Gasteiger partial charge < -0.3 is 41.4 Å². The van der Waals surface area contributed by atoms with Crippen LogP contribution in [0.1, 0.15) is 70.7 Å². The maximum Gasteiger partial charge on any atom is 0.328 e. The average Bonchev–Trinajstić information content (AvgIpc) is 3.32. The number of benzene rings is 4. The fraction of sp³-hybridized carbons (Fsp3) is 0.320. The van der Waals surface area contributed by atoms with Crippen molar-refractivity contribution in [2.45, 2.75) is 78.6 Å². The number of esters is 2. The van der Waals surface area contributed by atoms with Crippen molar-refractivity contribution in [2.75, 3.05) is 24.9 Å². The number of anilines is 2. The molecule has 4 rings (SSSR count). The summed E-state index contributed by atoms with van der Waals surface area (Å²) < 4.78 is 9.77. The maximum atomic E-state index is 13.7. The first-order valence-electron chi connectivity index (χ1n) is 21.6. The summed E-state index contributed by atoms with van der Waals surface area (Å²) in [5.74, 6) is -11.6. The molecular formula is C50H57ClN6O12. The van der Waals surface area contributed by atoms with Crippen LogP contribution in [0.25, 0.3) is 0 Å². The Morgan fingerprint density at radius 1 is 0.464 bits per heavy atom. The van der Waals surface area contributed by atoms with Gasteiger partial charge in [-0.15, -0.1) is 12.4 Å². The van der Waals surface area contributed by atoms with Crippen LogP contribution in [-0.2, 0) is 60.7 Å². The van der Waals surface area contributed by atoms with Gasteiger partial charge in [-0.05, 0) is 61.1 Å². The van der Waals surface area contributed by atoms with Crippen LogP contribution in [0.5, 0.6) is 0 Å². The van der Waals surface area contributed by atoms with E-state index < -0.39 is 95.0 Å². The predicted octanol–water partition coefficient (Wildman–Crippen LogP) is 3.75. The molecule has 0 saturated carbocycles. The summed E-state index contributed by atoms with van der Waals surface area (Å²) in [7, 11) is 2.34. The smallest absolute Gasteiger partial charge is 0.328 e. The molecule has 0 bridgehead atoms. The van der Waals surface area contributed by atoms with Gasteiger partial charge in [0.2, 0.25) is 11.8 Å². The summed E-state index contributed by atoms with van der Waals surface area (Å²) in [5, 5.41) is 14.7. The van der Waals surface area contributed by atoms with E-state index in [0.29, 0.717) is 11.1 Å². The number of carbonyl (C=O) groups excluding carboxylic acids is 10. The lowest BCUT2D eigenvalue weighted by Crippen LogP contribution is -2.55. The Hall–Kier alpha value is -7.73. The van der Waals surface area contributed by atoms with Crippen LogP contribution in [0.3, 0.4) is 0 Å². The molecule has 0 saturated heterocycles. The Balaban J connectivity index is 0.0000126. The third-order valence-electron chi connectivity index (χ3n) is 10.6. The van der Waals surface area contributed by atoms with Gasteiger partial charge in [-0.25, -0.2) is 9.59 Å². The monoisotopic (exact) mass is 968 g/mol. The molecule has 0 unspecified atom stereocenters. The Labute approximate surface area is 405 Å². The molecule has 6 N–H and O–H groups in total. The quantitative estimate of drug-likeness (QED) is 0.0421. The summed E-state index contributed by atoms with van der Waals surface area (Å²) in [6.45, 7) is 9.71. The van der Waals surface area contributed by atoms with Gasteiger partial charge in [0.05, 0.1) is 36.7 Å². The summed E-state index contributed by atoms with van der Waals surface area (Å²) in [6, 6.07) is 21.1. The number of amides is 6. The van der Waals surface area contributed by atoms with Crippen LogP contribution in [-0.4, -0.2) is 97.3 Å². The molecule has 0 fully saturated rings. The number of hydrogen-bond donors (Lipinski definition) is 6. The van der Waals surface area contributed by atoms with E-state index in [0.717, 1.165) is 11.1 Å². The van der Waals surface area contributed by atoms with Crippen molar-refractivity contribution in [1.29, 1.82) is 0 Å². The number of aryl methyl sites for hydroxylation is 2. The fourth-order valence-electron chi connectivity index (χ4n) is 6.89. The normalized spacial score (nSPS) is 12.4. The molecule has 0 heterocycles. The zero-order valence-electron chi connectivity index (χ0n) is 39.4. The number of ketones is 2. The first-order chi connectivity index (χ1) is 32.2. The van der Waals surface area contributed by atoms with Gasteiger partial charge in [-0.2, -0.15) is 0 Å². The molecule has 4 atom stereocenters. The number of rotatable bonds is 20. The highest BCUT2D eigenvalue weighted by Gasteiger charge is 2.34. The highest BCUT2D eigenvalue weighted by atomic mass is 35.5. The number of methoxy groups -OCH3 is 2. The molecule has 0 spiro atoms. The molecule has 18 nitrogen and oxygen atoms in total. The van der Waals surface area contributed by atoms with Crippen molar-refractivity contribution >= 4 is 82.7 Å². The Morgan fingerprint density at radius 3 is 1.10 bits per heavy atom. The second-order valence-corrected chi connectivity index (χ2v) is 16.6. The Morgan fingerprint density at radius 2 is 0.797 bits per heavy atom. The molecule has 0 radical (unpaired) electrons. The molecule has 4 aromatic carbocycles. The van der Waals surface area contributed by atoms with Crippen LogP contribution in [0.15, 0.2) is 97.1 Å². The van der Waals surface area contributed by atoms with E-state index in [-0.39, 0.29) is 47.8 Å². The van der Waals surface area contributed by atoms with Crippen LogP contribution < -0.4 is 31.9 Å². The lowest BCUT2D eigenvalue weighted by molar-refractivity contribution is -0.145. The van der Waals surface area contributed by atoms with Gasteiger partial charge in [0.25, 0.3) is 23.4 Å². The summed E-state index contributed by atoms with van der Waals surface area (Å²) in [6.07, 6.45) is 0.174. The van der Waals surface area contributed by atoms with E-state index in [4.69, 9.17) is 9.47 Å². The van der Waals surface area contributed by atoms with Crippen LogP contribution >= 0.6 is 12.4 Å². The summed E-state index contributed by atoms with van der Waals surface area (Å²) in [4.78, 5) is 134. The highest BCUT2D eigenvalue weighted by Crippen LogP contribution is 2.22. The van der Waals surface area contributed by atoms with Crippen molar-refractivity contribution in [3.8, 4) is 0 Å². The molecule has 0 aliphatic carbocycles. The number of ether oxygens (including phenoxy) is 2. The molecule has 6 amide bonds. The average molecular weight is 969 g/mol. The third kappa shape index (κ3) is 15.7. The van der Waals surface area contributed by atoms with Gasteiger partial charge in [0.1, 0.15) is 24.2 Å². The highest BCUT2D eigenvalue weighted by molar-refractivity contribution is 6.48. The first kappa shape index (κ1) is 55.6. The Kier molecular flexibility index (Phi) is 20.9. The number of nitrogens with one attached hydrogen (secondary N) is 6. The Bertz CT molecular complexity index is 2380. The van der Waals surface area contributed by atoms with E-state index in [1.807, 2.05) is 0 Å². The van der Waals surface area contributed by atoms with Gasteiger partial charge >= 0.3 is 23.8 Å². The number of carbonyl (C=O) groups is 10. The lowest BCUT2D eigenvalue weighted by Gasteiger charge is -2.24. The van der Waals surface area contributed by atoms with Crippen molar-refractivity contribution in [2.24, 2.45) is 11.8 Å². The summed E-state index contributed by atoms with van der Waals surface area (Å²) >= 11 is 0. The summed E-state index contributed by atoms with van der Waals surface area (Å²) in [5.41, 5.74) is 1.31. The molecule has 69 heavy (non-hydrogen) atoms. The van der Waals surface area contributed by atoms with Gasteiger partial charge in [0, 0.05) is 12.8 Å². The van der Waals surface area contributed by atoms with Crippen LogP contribution in [0.4, 0.5) is 11.4 Å². The molecule has 0 aromatic heterocycles. The lowest BCUT2D eigenvalue weighted by atomic mass is 10.00. The molecule has 4 aromatic rings. The minimum absolute atomic E-state index is 0. The van der Waals surface area contributed by atoms with Gasteiger partial charge in [0.15, 0.2) is 0 Å². The topological polar surface area (TPSA) is 261 Å². The van der Waals surface area contributed by atoms with Crippen LogP contribution in [0, 0.1) is 25.7 Å². The minimum atomic E-state index is -1.33. The molecule has 19 heteroatoms. The van der Waals surface area contributed by atoms with Crippen LogP contribution in [0.2, 0.25) is 0 Å². The van der Waals surface area contributed by atoms with Crippen molar-refractivity contribution < 1.29 is 57.4 Å². The van der Waals surface area contributed by atoms with Gasteiger partial charge in [-0.1, -0.05) is 112 Å². The molecular weight excluding hydrogens is 912 g/mol. The van der Waals surface area contributed by atoms with E-state index in [2.05, 4.69) is 31.9 Å². The zero-order valence-corrected chi connectivity index (χ0v) is 40.2.